The molecule has 4 heteroatoms. The highest BCUT2D eigenvalue weighted by molar-refractivity contribution is 8.00. The van der Waals surface area contributed by atoms with Crippen LogP contribution in [0.2, 0.25) is 0 Å². The number of ether oxygens (including phenoxy) is 1. The van der Waals surface area contributed by atoms with Crippen LogP contribution >= 0.6 is 11.8 Å². The van der Waals surface area contributed by atoms with Crippen LogP contribution in [-0.2, 0) is 9.53 Å². The Morgan fingerprint density at radius 1 is 1.53 bits per heavy atom. The van der Waals surface area contributed by atoms with Gasteiger partial charge in [-0.05, 0) is 19.4 Å². The second kappa shape index (κ2) is 6.67. The van der Waals surface area contributed by atoms with Crippen LogP contribution < -0.4 is 5.73 Å². The van der Waals surface area contributed by atoms with Gasteiger partial charge in [-0.15, -0.1) is 11.8 Å². The van der Waals surface area contributed by atoms with E-state index >= 15 is 0 Å². The summed E-state index contributed by atoms with van der Waals surface area (Å²) in [5, 5.41) is 0.119. The van der Waals surface area contributed by atoms with Crippen LogP contribution in [0, 0.1) is 6.92 Å². The lowest BCUT2D eigenvalue weighted by Crippen LogP contribution is -2.23. The molecule has 1 aromatic carbocycles. The summed E-state index contributed by atoms with van der Waals surface area (Å²) in [5.41, 5.74) is 8.34. The number of thioether (sulfide) groups is 1. The van der Waals surface area contributed by atoms with Crippen LogP contribution in [0.3, 0.4) is 0 Å². The zero-order chi connectivity index (χ0) is 12.8. The van der Waals surface area contributed by atoms with E-state index in [0.717, 1.165) is 5.56 Å². The zero-order valence-electron chi connectivity index (χ0n) is 10.5. The summed E-state index contributed by atoms with van der Waals surface area (Å²) in [4.78, 5) is 11.2. The summed E-state index contributed by atoms with van der Waals surface area (Å²) >= 11 is 1.52. The van der Waals surface area contributed by atoms with Gasteiger partial charge in [0.15, 0.2) is 0 Å². The van der Waals surface area contributed by atoms with E-state index in [9.17, 15) is 4.79 Å². The topological polar surface area (TPSA) is 52.3 Å². The fourth-order valence-corrected chi connectivity index (χ4v) is 2.69. The monoisotopic (exact) mass is 253 g/mol. The summed E-state index contributed by atoms with van der Waals surface area (Å²) in [7, 11) is 1.40. The average molecular weight is 253 g/mol. The largest absolute Gasteiger partial charge is 0.468 e. The van der Waals surface area contributed by atoms with Gasteiger partial charge in [0.05, 0.1) is 12.9 Å². The van der Waals surface area contributed by atoms with Crippen LogP contribution in [-0.4, -0.2) is 24.9 Å². The number of esters is 1. The second-order valence-electron chi connectivity index (χ2n) is 4.08. The Morgan fingerprint density at radius 2 is 2.24 bits per heavy atom. The predicted molar refractivity (Wildman–Crippen MR) is 72.0 cm³/mol. The fourth-order valence-electron chi connectivity index (χ4n) is 1.62. The number of hydrogen-bond donors (Lipinski definition) is 1. The molecule has 2 unspecified atom stereocenters. The van der Waals surface area contributed by atoms with Gasteiger partial charge in [0.25, 0.3) is 0 Å². The summed E-state index contributed by atoms with van der Waals surface area (Å²) in [6.45, 7) is 4.00. The molecule has 0 aliphatic rings. The molecular formula is C13H19NO2S. The van der Waals surface area contributed by atoms with Gasteiger partial charge in [0.2, 0.25) is 0 Å². The van der Waals surface area contributed by atoms with Gasteiger partial charge in [0.1, 0.15) is 0 Å². The van der Waals surface area contributed by atoms with E-state index in [4.69, 9.17) is 5.73 Å². The maximum Gasteiger partial charge on any atom is 0.315 e. The summed E-state index contributed by atoms with van der Waals surface area (Å²) in [6.07, 6.45) is 0. The van der Waals surface area contributed by atoms with Crippen molar-refractivity contribution in [1.82, 2.24) is 0 Å². The van der Waals surface area contributed by atoms with Gasteiger partial charge in [-0.2, -0.15) is 0 Å². The molecule has 1 aromatic rings. The Kier molecular flexibility index (Phi) is 5.51. The molecule has 0 fully saturated rings. The van der Waals surface area contributed by atoms with Crippen molar-refractivity contribution in [2.75, 3.05) is 12.9 Å². The maximum atomic E-state index is 11.2. The third kappa shape index (κ3) is 4.40. The first-order valence-electron chi connectivity index (χ1n) is 5.55. The molecule has 1 rings (SSSR count). The molecule has 0 aromatic heterocycles. The number of benzene rings is 1. The molecule has 0 heterocycles. The maximum absolute atomic E-state index is 11.2. The van der Waals surface area contributed by atoms with Crippen molar-refractivity contribution in [2.24, 2.45) is 5.73 Å². The number of carbonyl (C=O) groups is 1. The average Bonchev–Trinajstić information content (AvgIpc) is 2.28. The van der Waals surface area contributed by atoms with Crippen LogP contribution in [0.4, 0.5) is 0 Å². The lowest BCUT2D eigenvalue weighted by atomic mass is 10.0. The summed E-state index contributed by atoms with van der Waals surface area (Å²) in [6, 6.07) is 8.21. The third-order valence-corrected chi connectivity index (χ3v) is 3.92. The lowest BCUT2D eigenvalue weighted by Gasteiger charge is -2.20. The molecule has 0 saturated carbocycles. The van der Waals surface area contributed by atoms with Crippen molar-refractivity contribution in [2.45, 2.75) is 25.1 Å². The van der Waals surface area contributed by atoms with Gasteiger partial charge >= 0.3 is 5.97 Å². The number of hydrogen-bond acceptors (Lipinski definition) is 4. The quantitative estimate of drug-likeness (QED) is 0.818. The van der Waals surface area contributed by atoms with Crippen molar-refractivity contribution in [3.05, 3.63) is 35.4 Å². The van der Waals surface area contributed by atoms with Crippen LogP contribution in [0.25, 0.3) is 0 Å². The molecule has 0 bridgehead atoms. The van der Waals surface area contributed by atoms with Crippen molar-refractivity contribution in [1.29, 1.82) is 0 Å². The van der Waals surface area contributed by atoms with Gasteiger partial charge in [0, 0.05) is 11.3 Å². The Labute approximate surface area is 107 Å². The zero-order valence-corrected chi connectivity index (χ0v) is 11.3. The first-order valence-corrected chi connectivity index (χ1v) is 6.60. The Morgan fingerprint density at radius 3 is 2.76 bits per heavy atom. The SMILES string of the molecule is COC(=O)CSC(c1cccc(C)c1)C(C)N. The first kappa shape index (κ1) is 14.1. The standard InChI is InChI=1S/C13H19NO2S/c1-9-5-4-6-11(7-9)13(10(2)14)17-8-12(15)16-3/h4-7,10,13H,8,14H2,1-3H3. The van der Waals surface area contributed by atoms with Crippen molar-refractivity contribution in [3.8, 4) is 0 Å². The molecule has 0 aliphatic heterocycles. The number of nitrogens with two attached hydrogens (primary N) is 1. The number of carbonyl (C=O) groups excluding carboxylic acids is 1. The van der Waals surface area contributed by atoms with E-state index in [2.05, 4.69) is 10.8 Å². The number of aryl methyl sites for hydroxylation is 1. The van der Waals surface area contributed by atoms with E-state index in [1.54, 1.807) is 0 Å². The molecule has 2 atom stereocenters. The molecule has 0 saturated heterocycles. The second-order valence-corrected chi connectivity index (χ2v) is 5.21. The molecule has 0 amide bonds. The molecule has 0 spiro atoms. The first-order chi connectivity index (χ1) is 8.04. The van der Waals surface area contributed by atoms with E-state index in [-0.39, 0.29) is 17.3 Å². The minimum absolute atomic E-state index is 0.00791. The molecule has 3 nitrogen and oxygen atoms in total. The molecule has 94 valence electrons. The third-order valence-electron chi connectivity index (χ3n) is 2.46. The molecule has 0 aliphatic carbocycles. The minimum Gasteiger partial charge on any atom is -0.468 e. The van der Waals surface area contributed by atoms with E-state index < -0.39 is 0 Å². The highest BCUT2D eigenvalue weighted by atomic mass is 32.2. The van der Waals surface area contributed by atoms with E-state index in [1.165, 1.54) is 24.4 Å². The fraction of sp³-hybridized carbons (Fsp3) is 0.462. The minimum atomic E-state index is -0.215. The Bertz CT molecular complexity index is 379. The van der Waals surface area contributed by atoms with Crippen molar-refractivity contribution in [3.63, 3.8) is 0 Å². The van der Waals surface area contributed by atoms with E-state index in [0.29, 0.717) is 5.75 Å². The van der Waals surface area contributed by atoms with Crippen LogP contribution in [0.5, 0.6) is 0 Å². The highest BCUT2D eigenvalue weighted by Gasteiger charge is 2.18. The summed E-state index contributed by atoms with van der Waals surface area (Å²) < 4.78 is 4.64. The number of methoxy groups -OCH3 is 1. The molecule has 17 heavy (non-hydrogen) atoms. The lowest BCUT2D eigenvalue weighted by molar-refractivity contribution is -0.137. The van der Waals surface area contributed by atoms with Gasteiger partial charge in [-0.3, -0.25) is 4.79 Å². The normalized spacial score (nSPS) is 14.1. The highest BCUT2D eigenvalue weighted by Crippen LogP contribution is 2.31. The number of rotatable bonds is 5. The Balaban J connectivity index is 2.75. The smallest absolute Gasteiger partial charge is 0.315 e. The van der Waals surface area contributed by atoms with E-state index in [1.807, 2.05) is 32.0 Å². The van der Waals surface area contributed by atoms with Crippen molar-refractivity contribution >= 4 is 17.7 Å². The van der Waals surface area contributed by atoms with Gasteiger partial charge in [-0.1, -0.05) is 29.8 Å². The van der Waals surface area contributed by atoms with Gasteiger partial charge < -0.3 is 10.5 Å². The molecule has 0 radical (unpaired) electrons. The van der Waals surface area contributed by atoms with Crippen molar-refractivity contribution < 1.29 is 9.53 Å². The van der Waals surface area contributed by atoms with Crippen LogP contribution in [0.1, 0.15) is 23.3 Å². The predicted octanol–water partition coefficient (Wildman–Crippen LogP) is 2.29. The molecular weight excluding hydrogens is 234 g/mol. The summed E-state index contributed by atoms with van der Waals surface area (Å²) in [5.74, 6) is 0.115. The Hall–Kier alpha value is -1.00. The van der Waals surface area contributed by atoms with Crippen LogP contribution in [0.15, 0.2) is 24.3 Å². The van der Waals surface area contributed by atoms with Gasteiger partial charge in [-0.25, -0.2) is 0 Å². The molecule has 2 N–H and O–H groups in total.